The highest BCUT2D eigenvalue weighted by Gasteiger charge is 2.43. The second kappa shape index (κ2) is 6.76. The van der Waals surface area contributed by atoms with E-state index in [1.807, 2.05) is 0 Å². The average Bonchev–Trinajstić information content (AvgIpc) is 3.07. The topological polar surface area (TPSA) is 134 Å². The van der Waals surface area contributed by atoms with Gasteiger partial charge >= 0.3 is 0 Å². The summed E-state index contributed by atoms with van der Waals surface area (Å²) in [7, 11) is -3.91. The fraction of sp³-hybridized carbons (Fsp3) is 0.357. The molecule has 0 fully saturated rings. The fourth-order valence-electron chi connectivity index (χ4n) is 2.25. The Morgan fingerprint density at radius 2 is 2.20 bits per heavy atom. The van der Waals surface area contributed by atoms with Gasteiger partial charge in [-0.25, -0.2) is 18.3 Å². The van der Waals surface area contributed by atoms with E-state index < -0.39 is 31.9 Å². The van der Waals surface area contributed by atoms with Gasteiger partial charge in [0.15, 0.2) is 14.6 Å². The molecule has 1 atom stereocenters. The summed E-state index contributed by atoms with van der Waals surface area (Å²) in [6.45, 7) is 0.876. The van der Waals surface area contributed by atoms with Gasteiger partial charge in [0, 0.05) is 36.8 Å². The lowest BCUT2D eigenvalue weighted by Gasteiger charge is -2.25. The maximum Gasteiger partial charge on any atom is 0.264 e. The molecule has 2 aromatic heterocycles. The van der Waals surface area contributed by atoms with E-state index in [-0.39, 0.29) is 24.2 Å². The van der Waals surface area contributed by atoms with Crippen LogP contribution in [0.2, 0.25) is 0 Å². The zero-order valence-electron chi connectivity index (χ0n) is 13.5. The second-order valence-corrected chi connectivity index (χ2v) is 8.17. The van der Waals surface area contributed by atoms with E-state index in [2.05, 4.69) is 10.2 Å². The van der Waals surface area contributed by atoms with Crippen molar-refractivity contribution < 1.29 is 22.8 Å². The Morgan fingerprint density at radius 3 is 2.72 bits per heavy atom. The van der Waals surface area contributed by atoms with Crippen molar-refractivity contribution in [1.29, 1.82) is 0 Å². The standard InChI is InChI=1S/C14H17FN4O5S/c1-14(13(21)18-22,25(2,23)24)4-6-19-8-10(15)9(7-12(19)20)11-3-5-16-17-11/h3,5,7-8,22H,4,6H2,1-2H3,(H,16,17)(H,18,21). The van der Waals surface area contributed by atoms with Crippen LogP contribution in [-0.4, -0.2) is 45.3 Å². The number of pyridine rings is 1. The number of amides is 1. The van der Waals surface area contributed by atoms with Gasteiger partial charge in [-0.1, -0.05) is 0 Å². The van der Waals surface area contributed by atoms with Crippen molar-refractivity contribution in [2.45, 2.75) is 24.6 Å². The smallest absolute Gasteiger partial charge is 0.264 e. The molecule has 0 radical (unpaired) electrons. The highest BCUT2D eigenvalue weighted by atomic mass is 32.2. The second-order valence-electron chi connectivity index (χ2n) is 5.72. The molecule has 136 valence electrons. The molecule has 0 bridgehead atoms. The predicted octanol–water partition coefficient (Wildman–Crippen LogP) is 0.0763. The summed E-state index contributed by atoms with van der Waals surface area (Å²) < 4.78 is 37.0. The molecule has 11 heteroatoms. The number of nitrogens with one attached hydrogen (secondary N) is 2. The van der Waals surface area contributed by atoms with E-state index >= 15 is 0 Å². The summed E-state index contributed by atoms with van der Waals surface area (Å²) in [5.41, 5.74) is 0.981. The van der Waals surface area contributed by atoms with Crippen molar-refractivity contribution in [2.24, 2.45) is 0 Å². The number of aromatic amines is 1. The lowest BCUT2D eigenvalue weighted by Crippen LogP contribution is -2.50. The van der Waals surface area contributed by atoms with Gasteiger partial charge in [-0.05, 0) is 19.4 Å². The average molecular weight is 372 g/mol. The van der Waals surface area contributed by atoms with E-state index in [0.29, 0.717) is 0 Å². The molecule has 0 spiro atoms. The Labute approximate surface area is 142 Å². The first-order valence-corrected chi connectivity index (χ1v) is 9.03. The maximum atomic E-state index is 14.2. The van der Waals surface area contributed by atoms with Crippen LogP contribution in [0.5, 0.6) is 0 Å². The summed E-state index contributed by atoms with van der Waals surface area (Å²) in [6.07, 6.45) is 2.91. The number of hydrogen-bond donors (Lipinski definition) is 3. The van der Waals surface area contributed by atoms with Gasteiger partial charge in [-0.15, -0.1) is 0 Å². The van der Waals surface area contributed by atoms with Crippen molar-refractivity contribution in [3.63, 3.8) is 0 Å². The van der Waals surface area contributed by atoms with Gasteiger partial charge in [-0.3, -0.25) is 19.9 Å². The molecule has 1 amide bonds. The molecule has 25 heavy (non-hydrogen) atoms. The minimum absolute atomic E-state index is 0.00137. The Balaban J connectivity index is 2.33. The van der Waals surface area contributed by atoms with Gasteiger partial charge < -0.3 is 4.57 Å². The van der Waals surface area contributed by atoms with Gasteiger partial charge in [0.1, 0.15) is 5.82 Å². The first kappa shape index (κ1) is 18.8. The number of carbonyl (C=O) groups excluding carboxylic acids is 1. The zero-order valence-corrected chi connectivity index (χ0v) is 14.3. The highest BCUT2D eigenvalue weighted by Crippen LogP contribution is 2.23. The molecule has 1 unspecified atom stereocenters. The minimum atomic E-state index is -3.91. The molecule has 2 aromatic rings. The maximum absolute atomic E-state index is 14.2. The first-order chi connectivity index (χ1) is 11.6. The molecule has 0 aliphatic rings. The normalized spacial score (nSPS) is 14.1. The number of hydrogen-bond acceptors (Lipinski definition) is 6. The predicted molar refractivity (Wildman–Crippen MR) is 86.0 cm³/mol. The zero-order chi connectivity index (χ0) is 18.8. The van der Waals surface area contributed by atoms with Crippen LogP contribution in [0.4, 0.5) is 4.39 Å². The SMILES string of the molecule is CC(CCn1cc(F)c(-c2cc[nH]n2)cc1=O)(C(=O)NO)S(C)(=O)=O. The quantitative estimate of drug-likeness (QED) is 0.485. The first-order valence-electron chi connectivity index (χ1n) is 7.14. The molecule has 0 aromatic carbocycles. The summed E-state index contributed by atoms with van der Waals surface area (Å²) in [5, 5.41) is 15.1. The van der Waals surface area contributed by atoms with Crippen molar-refractivity contribution >= 4 is 15.7 Å². The molecule has 3 N–H and O–H groups in total. The Hall–Kier alpha value is -2.53. The van der Waals surface area contributed by atoms with Gasteiger partial charge in [0.2, 0.25) is 0 Å². The van der Waals surface area contributed by atoms with Crippen molar-refractivity contribution in [2.75, 3.05) is 6.26 Å². The molecule has 0 aliphatic carbocycles. The molecule has 0 aliphatic heterocycles. The minimum Gasteiger partial charge on any atom is -0.312 e. The largest absolute Gasteiger partial charge is 0.312 e. The summed E-state index contributed by atoms with van der Waals surface area (Å²) in [5.74, 6) is -1.85. The van der Waals surface area contributed by atoms with Crippen molar-refractivity contribution in [1.82, 2.24) is 20.2 Å². The third-order valence-electron chi connectivity index (χ3n) is 4.08. The summed E-state index contributed by atoms with van der Waals surface area (Å²) in [4.78, 5) is 23.9. The van der Waals surface area contributed by atoms with E-state index in [0.717, 1.165) is 30.0 Å². The van der Waals surface area contributed by atoms with Crippen LogP contribution in [0.3, 0.4) is 0 Å². The molecular weight excluding hydrogens is 355 g/mol. The third kappa shape index (κ3) is 3.61. The molecule has 2 rings (SSSR count). The Kier molecular flexibility index (Phi) is 5.09. The number of sulfone groups is 1. The monoisotopic (exact) mass is 372 g/mol. The van der Waals surface area contributed by atoms with Crippen LogP contribution >= 0.6 is 0 Å². The van der Waals surface area contributed by atoms with Crippen LogP contribution in [0.1, 0.15) is 13.3 Å². The third-order valence-corrected chi connectivity index (χ3v) is 6.11. The van der Waals surface area contributed by atoms with Crippen molar-refractivity contribution in [3.05, 3.63) is 40.7 Å². The molecule has 2 heterocycles. The molecular formula is C14H17FN4O5S. The number of aromatic nitrogens is 3. The number of carbonyl (C=O) groups is 1. The van der Waals surface area contributed by atoms with Gasteiger partial charge in [-0.2, -0.15) is 5.10 Å². The molecule has 0 saturated heterocycles. The van der Waals surface area contributed by atoms with Gasteiger partial charge in [0.25, 0.3) is 11.5 Å². The van der Waals surface area contributed by atoms with Crippen LogP contribution in [0.25, 0.3) is 11.3 Å². The van der Waals surface area contributed by atoms with Crippen LogP contribution in [-0.2, 0) is 21.2 Å². The molecule has 0 saturated carbocycles. The van der Waals surface area contributed by atoms with E-state index in [9.17, 15) is 22.4 Å². The van der Waals surface area contributed by atoms with Crippen LogP contribution < -0.4 is 11.0 Å². The number of hydroxylamine groups is 1. The lowest BCUT2D eigenvalue weighted by molar-refractivity contribution is -0.131. The number of halogens is 1. The Morgan fingerprint density at radius 1 is 1.52 bits per heavy atom. The lowest BCUT2D eigenvalue weighted by atomic mass is 10.1. The highest BCUT2D eigenvalue weighted by molar-refractivity contribution is 7.92. The van der Waals surface area contributed by atoms with Crippen molar-refractivity contribution in [3.8, 4) is 11.3 Å². The number of aryl methyl sites for hydroxylation is 1. The van der Waals surface area contributed by atoms with E-state index in [4.69, 9.17) is 5.21 Å². The fourth-order valence-corrected chi connectivity index (χ4v) is 3.09. The number of rotatable bonds is 6. The summed E-state index contributed by atoms with van der Waals surface area (Å²) >= 11 is 0. The van der Waals surface area contributed by atoms with E-state index in [1.165, 1.54) is 17.7 Å². The number of nitrogens with zero attached hydrogens (tertiary/aromatic N) is 2. The van der Waals surface area contributed by atoms with E-state index in [1.54, 1.807) is 0 Å². The van der Waals surface area contributed by atoms with Crippen LogP contribution in [0, 0.1) is 5.82 Å². The Bertz CT molecular complexity index is 939. The number of H-pyrrole nitrogens is 1. The van der Waals surface area contributed by atoms with Crippen LogP contribution in [0.15, 0.2) is 29.3 Å². The van der Waals surface area contributed by atoms with Gasteiger partial charge in [0.05, 0.1) is 5.69 Å². The molecule has 9 nitrogen and oxygen atoms in total. The summed E-state index contributed by atoms with van der Waals surface area (Å²) in [6, 6.07) is 2.53.